The van der Waals surface area contributed by atoms with Crippen molar-refractivity contribution in [2.75, 3.05) is 0 Å². The molecular formula is C10H18O4S. The molecule has 0 bridgehead atoms. The molecule has 0 spiro atoms. The zero-order chi connectivity index (χ0) is 11.6. The van der Waals surface area contributed by atoms with Crippen LogP contribution in [0.2, 0.25) is 0 Å². The summed E-state index contributed by atoms with van der Waals surface area (Å²) in [7, 11) is -3.27. The van der Waals surface area contributed by atoms with E-state index in [2.05, 4.69) is 0 Å². The summed E-state index contributed by atoms with van der Waals surface area (Å²) < 4.78 is 23.9. The highest BCUT2D eigenvalue weighted by Crippen LogP contribution is 2.31. The zero-order valence-corrected chi connectivity index (χ0v) is 9.96. The molecule has 0 aliphatic heterocycles. The minimum atomic E-state index is -3.27. The Morgan fingerprint density at radius 3 is 2.27 bits per heavy atom. The maximum Gasteiger partial charge on any atom is 0.307 e. The van der Waals surface area contributed by atoms with Crippen LogP contribution in [0, 0.1) is 5.92 Å². The van der Waals surface area contributed by atoms with E-state index < -0.39 is 32.2 Å². The van der Waals surface area contributed by atoms with Gasteiger partial charge in [-0.1, -0.05) is 12.8 Å². The third-order valence-corrected chi connectivity index (χ3v) is 5.82. The lowest BCUT2D eigenvalue weighted by Crippen LogP contribution is -2.40. The van der Waals surface area contributed by atoms with Gasteiger partial charge in [-0.25, -0.2) is 8.42 Å². The maximum absolute atomic E-state index is 11.9. The monoisotopic (exact) mass is 234 g/mol. The smallest absolute Gasteiger partial charge is 0.307 e. The van der Waals surface area contributed by atoms with Gasteiger partial charge in [0.2, 0.25) is 0 Å². The van der Waals surface area contributed by atoms with Crippen molar-refractivity contribution in [2.45, 2.75) is 50.0 Å². The second kappa shape index (κ2) is 4.51. The highest BCUT2D eigenvalue weighted by molar-refractivity contribution is 7.92. The summed E-state index contributed by atoms with van der Waals surface area (Å²) in [6.45, 7) is 3.23. The standard InChI is InChI=1S/C10H18O4S/c1-7(2)15(13,14)9-6-4-3-5-8(9)10(11)12/h7-9H,3-6H2,1-2H3,(H,11,12). The van der Waals surface area contributed by atoms with Crippen LogP contribution >= 0.6 is 0 Å². The molecule has 1 rings (SSSR count). The van der Waals surface area contributed by atoms with Crippen molar-refractivity contribution in [1.29, 1.82) is 0 Å². The van der Waals surface area contributed by atoms with Crippen molar-refractivity contribution in [3.8, 4) is 0 Å². The molecule has 1 saturated carbocycles. The van der Waals surface area contributed by atoms with E-state index >= 15 is 0 Å². The van der Waals surface area contributed by atoms with E-state index in [-0.39, 0.29) is 0 Å². The minimum absolute atomic E-state index is 0.484. The molecule has 15 heavy (non-hydrogen) atoms. The van der Waals surface area contributed by atoms with Crippen molar-refractivity contribution in [2.24, 2.45) is 5.92 Å². The molecule has 0 aromatic rings. The summed E-state index contributed by atoms with van der Waals surface area (Å²) in [6.07, 6.45) is 2.63. The Morgan fingerprint density at radius 1 is 1.27 bits per heavy atom. The van der Waals surface area contributed by atoms with Crippen molar-refractivity contribution >= 4 is 15.8 Å². The van der Waals surface area contributed by atoms with E-state index in [1.54, 1.807) is 13.8 Å². The third kappa shape index (κ3) is 2.51. The first-order valence-electron chi connectivity index (χ1n) is 5.33. The number of hydrogen-bond donors (Lipinski definition) is 1. The Kier molecular flexibility index (Phi) is 3.76. The quantitative estimate of drug-likeness (QED) is 0.802. The average molecular weight is 234 g/mol. The Bertz CT molecular complexity index is 331. The van der Waals surface area contributed by atoms with Crippen molar-refractivity contribution < 1.29 is 18.3 Å². The van der Waals surface area contributed by atoms with Gasteiger partial charge in [-0.2, -0.15) is 0 Å². The first kappa shape index (κ1) is 12.5. The van der Waals surface area contributed by atoms with Gasteiger partial charge in [0.05, 0.1) is 16.4 Å². The van der Waals surface area contributed by atoms with Crippen molar-refractivity contribution in [1.82, 2.24) is 0 Å². The molecule has 0 aromatic heterocycles. The van der Waals surface area contributed by atoms with E-state index in [1.165, 1.54) is 0 Å². The number of rotatable bonds is 3. The number of carbonyl (C=O) groups is 1. The summed E-state index contributed by atoms with van der Waals surface area (Å²) in [6, 6.07) is 0. The molecule has 0 aromatic carbocycles. The molecule has 4 nitrogen and oxygen atoms in total. The topological polar surface area (TPSA) is 71.4 Å². The predicted octanol–water partition coefficient (Wildman–Crippen LogP) is 1.45. The third-order valence-electron chi connectivity index (χ3n) is 3.10. The number of carboxylic acid groups (broad SMARTS) is 1. The van der Waals surface area contributed by atoms with E-state index in [0.717, 1.165) is 12.8 Å². The normalized spacial score (nSPS) is 27.9. The molecule has 2 atom stereocenters. The van der Waals surface area contributed by atoms with Crippen LogP contribution in [0.5, 0.6) is 0 Å². The number of carboxylic acids is 1. The second-order valence-electron chi connectivity index (χ2n) is 4.41. The lowest BCUT2D eigenvalue weighted by Gasteiger charge is -2.29. The van der Waals surface area contributed by atoms with E-state index in [9.17, 15) is 13.2 Å². The summed E-state index contributed by atoms with van der Waals surface area (Å²) in [5.74, 6) is -1.67. The highest BCUT2D eigenvalue weighted by atomic mass is 32.2. The van der Waals surface area contributed by atoms with Gasteiger partial charge < -0.3 is 5.11 Å². The first-order chi connectivity index (χ1) is 6.87. The molecule has 0 radical (unpaired) electrons. The molecule has 5 heteroatoms. The highest BCUT2D eigenvalue weighted by Gasteiger charge is 2.40. The molecule has 88 valence electrons. The fourth-order valence-electron chi connectivity index (χ4n) is 2.12. The Morgan fingerprint density at radius 2 is 1.80 bits per heavy atom. The number of aliphatic carboxylic acids is 1. The molecular weight excluding hydrogens is 216 g/mol. The van der Waals surface area contributed by atoms with Gasteiger partial charge >= 0.3 is 5.97 Å². The molecule has 1 aliphatic rings. The average Bonchev–Trinajstić information content (AvgIpc) is 2.17. The predicted molar refractivity (Wildman–Crippen MR) is 57.4 cm³/mol. The van der Waals surface area contributed by atoms with Crippen LogP contribution in [-0.4, -0.2) is 30.0 Å². The van der Waals surface area contributed by atoms with Crippen molar-refractivity contribution in [3.05, 3.63) is 0 Å². The summed E-state index contributed by atoms with van der Waals surface area (Å²) >= 11 is 0. The molecule has 2 unspecified atom stereocenters. The van der Waals surface area contributed by atoms with E-state index in [0.29, 0.717) is 12.8 Å². The lowest BCUT2D eigenvalue weighted by molar-refractivity contribution is -0.142. The van der Waals surface area contributed by atoms with Crippen LogP contribution in [0.15, 0.2) is 0 Å². The van der Waals surface area contributed by atoms with Gasteiger partial charge in [-0.05, 0) is 26.7 Å². The van der Waals surface area contributed by atoms with Crippen molar-refractivity contribution in [3.63, 3.8) is 0 Å². The zero-order valence-electron chi connectivity index (χ0n) is 9.14. The van der Waals surface area contributed by atoms with Crippen LogP contribution in [0.1, 0.15) is 39.5 Å². The van der Waals surface area contributed by atoms with Gasteiger partial charge in [0, 0.05) is 0 Å². The van der Waals surface area contributed by atoms with E-state index in [1.807, 2.05) is 0 Å². The van der Waals surface area contributed by atoms with Gasteiger partial charge in [-0.3, -0.25) is 4.79 Å². The Balaban J connectivity index is 2.95. The molecule has 1 N–H and O–H groups in total. The van der Waals surface area contributed by atoms with Gasteiger partial charge in [0.25, 0.3) is 0 Å². The van der Waals surface area contributed by atoms with Crippen LogP contribution < -0.4 is 0 Å². The van der Waals surface area contributed by atoms with Gasteiger partial charge in [-0.15, -0.1) is 0 Å². The van der Waals surface area contributed by atoms with Crippen LogP contribution in [0.25, 0.3) is 0 Å². The minimum Gasteiger partial charge on any atom is -0.481 e. The maximum atomic E-state index is 11.9. The van der Waals surface area contributed by atoms with Crippen LogP contribution in [0.4, 0.5) is 0 Å². The number of sulfone groups is 1. The second-order valence-corrected chi connectivity index (χ2v) is 7.13. The molecule has 1 fully saturated rings. The number of hydrogen-bond acceptors (Lipinski definition) is 3. The fourth-order valence-corrected chi connectivity index (χ4v) is 4.03. The largest absolute Gasteiger partial charge is 0.481 e. The van der Waals surface area contributed by atoms with Gasteiger partial charge in [0.15, 0.2) is 9.84 Å². The molecule has 0 saturated heterocycles. The summed E-state index contributed by atoms with van der Waals surface area (Å²) in [5, 5.41) is 7.83. The van der Waals surface area contributed by atoms with Crippen LogP contribution in [0.3, 0.4) is 0 Å². The Hall–Kier alpha value is -0.580. The summed E-state index contributed by atoms with van der Waals surface area (Å²) in [5.41, 5.74) is 0. The molecule has 1 aliphatic carbocycles. The lowest BCUT2D eigenvalue weighted by atomic mass is 9.89. The van der Waals surface area contributed by atoms with Gasteiger partial charge in [0.1, 0.15) is 0 Å². The summed E-state index contributed by atoms with van der Waals surface area (Å²) in [4.78, 5) is 11.0. The molecule has 0 amide bonds. The van der Waals surface area contributed by atoms with Crippen LogP contribution in [-0.2, 0) is 14.6 Å². The van der Waals surface area contributed by atoms with E-state index in [4.69, 9.17) is 5.11 Å². The SMILES string of the molecule is CC(C)S(=O)(=O)C1CCCCC1C(=O)O. The molecule has 0 heterocycles. The fraction of sp³-hybridized carbons (Fsp3) is 0.900. The Labute approximate surface area is 90.6 Å². The first-order valence-corrected chi connectivity index (χ1v) is 6.94.